The molecule has 0 aromatic rings. The zero-order valence-electron chi connectivity index (χ0n) is 11.4. The normalized spacial score (nSPS) is 20.9. The van der Waals surface area contributed by atoms with Crippen LogP contribution in [-0.4, -0.2) is 54.7 Å². The molecule has 0 unspecified atom stereocenters. The average molecular weight is 252 g/mol. The Morgan fingerprint density at radius 3 is 2.28 bits per heavy atom. The summed E-state index contributed by atoms with van der Waals surface area (Å²) in [5, 5.41) is 0. The van der Waals surface area contributed by atoms with Crippen LogP contribution >= 0.6 is 0 Å². The first-order chi connectivity index (χ1) is 8.66. The van der Waals surface area contributed by atoms with E-state index in [0.717, 1.165) is 38.8 Å². The van der Waals surface area contributed by atoms with Crippen LogP contribution in [0, 0.1) is 5.92 Å². The molecule has 1 saturated heterocycles. The third kappa shape index (κ3) is 3.55. The molecule has 1 heterocycles. The van der Waals surface area contributed by atoms with E-state index in [1.54, 1.807) is 0 Å². The van der Waals surface area contributed by atoms with Crippen molar-refractivity contribution in [3.63, 3.8) is 0 Å². The Balaban J connectivity index is 1.71. The maximum atomic E-state index is 12.0. The molecule has 4 nitrogen and oxygen atoms in total. The lowest BCUT2D eigenvalue weighted by Gasteiger charge is -2.21. The first-order valence-corrected chi connectivity index (χ1v) is 7.16. The van der Waals surface area contributed by atoms with Crippen LogP contribution in [-0.2, 0) is 9.59 Å². The van der Waals surface area contributed by atoms with E-state index in [-0.39, 0.29) is 11.8 Å². The third-order valence-electron chi connectivity index (χ3n) is 4.10. The standard InChI is InChI=1S/C14H24N2O2/c1-15(10-13(17)12-6-2-3-7-12)11-14(18)16-8-4-5-9-16/h12H,2-11H2,1H3. The molecule has 0 bridgehead atoms. The van der Waals surface area contributed by atoms with Crippen LogP contribution in [0.2, 0.25) is 0 Å². The maximum Gasteiger partial charge on any atom is 0.236 e. The molecular formula is C14H24N2O2. The number of carbonyl (C=O) groups is 2. The van der Waals surface area contributed by atoms with Gasteiger partial charge in [0.1, 0.15) is 5.78 Å². The maximum absolute atomic E-state index is 12.0. The van der Waals surface area contributed by atoms with Gasteiger partial charge >= 0.3 is 0 Å². The van der Waals surface area contributed by atoms with Crippen LogP contribution in [0.1, 0.15) is 38.5 Å². The van der Waals surface area contributed by atoms with Crippen molar-refractivity contribution in [3.05, 3.63) is 0 Å². The lowest BCUT2D eigenvalue weighted by Crippen LogP contribution is -2.40. The number of amides is 1. The number of rotatable bonds is 5. The van der Waals surface area contributed by atoms with E-state index in [4.69, 9.17) is 0 Å². The van der Waals surface area contributed by atoms with Crippen LogP contribution < -0.4 is 0 Å². The zero-order valence-corrected chi connectivity index (χ0v) is 11.4. The molecule has 4 heteroatoms. The largest absolute Gasteiger partial charge is 0.342 e. The van der Waals surface area contributed by atoms with Gasteiger partial charge in [-0.05, 0) is 32.7 Å². The number of hydrogen-bond acceptors (Lipinski definition) is 3. The van der Waals surface area contributed by atoms with E-state index in [0.29, 0.717) is 18.9 Å². The Bertz CT molecular complexity index is 275. The molecule has 0 aromatic heterocycles. The minimum absolute atomic E-state index is 0.175. The Morgan fingerprint density at radius 1 is 1.06 bits per heavy atom. The van der Waals surface area contributed by atoms with Gasteiger partial charge in [-0.15, -0.1) is 0 Å². The van der Waals surface area contributed by atoms with Gasteiger partial charge in [0.2, 0.25) is 5.91 Å². The number of likely N-dealkylation sites (tertiary alicyclic amines) is 1. The zero-order chi connectivity index (χ0) is 13.0. The lowest BCUT2D eigenvalue weighted by atomic mass is 10.0. The van der Waals surface area contributed by atoms with Crippen LogP contribution in [0.25, 0.3) is 0 Å². The second-order valence-electron chi connectivity index (χ2n) is 5.71. The fourth-order valence-corrected chi connectivity index (χ4v) is 3.00. The van der Waals surface area contributed by atoms with Gasteiger partial charge in [0.25, 0.3) is 0 Å². The van der Waals surface area contributed by atoms with E-state index in [1.807, 2.05) is 16.8 Å². The summed E-state index contributed by atoms with van der Waals surface area (Å²) in [5.74, 6) is 0.757. The molecule has 0 N–H and O–H groups in total. The smallest absolute Gasteiger partial charge is 0.236 e. The van der Waals surface area contributed by atoms with E-state index in [2.05, 4.69) is 0 Å². The molecule has 1 amide bonds. The predicted molar refractivity (Wildman–Crippen MR) is 70.3 cm³/mol. The summed E-state index contributed by atoms with van der Waals surface area (Å²) >= 11 is 0. The van der Waals surface area contributed by atoms with Crippen LogP contribution in [0.3, 0.4) is 0 Å². The fourth-order valence-electron chi connectivity index (χ4n) is 3.00. The number of Topliss-reactive ketones (excluding diaryl/α,β-unsaturated/α-hetero) is 1. The van der Waals surface area contributed by atoms with Gasteiger partial charge < -0.3 is 4.90 Å². The highest BCUT2D eigenvalue weighted by molar-refractivity contribution is 5.84. The van der Waals surface area contributed by atoms with Gasteiger partial charge in [-0.1, -0.05) is 12.8 Å². The van der Waals surface area contributed by atoms with E-state index < -0.39 is 0 Å². The van der Waals surface area contributed by atoms with E-state index in [9.17, 15) is 9.59 Å². The molecule has 1 aliphatic heterocycles. The molecule has 102 valence electrons. The number of nitrogens with zero attached hydrogens (tertiary/aromatic N) is 2. The Morgan fingerprint density at radius 2 is 1.67 bits per heavy atom. The summed E-state index contributed by atoms with van der Waals surface area (Å²) in [6.07, 6.45) is 6.71. The average Bonchev–Trinajstić information content (AvgIpc) is 3.02. The molecule has 18 heavy (non-hydrogen) atoms. The topological polar surface area (TPSA) is 40.6 Å². The van der Waals surface area contributed by atoms with Gasteiger partial charge in [-0.2, -0.15) is 0 Å². The molecule has 2 aliphatic rings. The highest BCUT2D eigenvalue weighted by atomic mass is 16.2. The summed E-state index contributed by atoms with van der Waals surface area (Å²) < 4.78 is 0. The van der Waals surface area contributed by atoms with Crippen molar-refractivity contribution in [2.45, 2.75) is 38.5 Å². The van der Waals surface area contributed by atoms with Crippen molar-refractivity contribution in [3.8, 4) is 0 Å². The van der Waals surface area contributed by atoms with Gasteiger partial charge in [0.05, 0.1) is 13.1 Å². The third-order valence-corrected chi connectivity index (χ3v) is 4.10. The molecular weight excluding hydrogens is 228 g/mol. The monoisotopic (exact) mass is 252 g/mol. The van der Waals surface area contributed by atoms with Gasteiger partial charge in [0, 0.05) is 19.0 Å². The summed E-state index contributed by atoms with van der Waals surface area (Å²) in [7, 11) is 1.88. The van der Waals surface area contributed by atoms with Crippen molar-refractivity contribution in [1.82, 2.24) is 9.80 Å². The highest BCUT2D eigenvalue weighted by Gasteiger charge is 2.25. The first-order valence-electron chi connectivity index (χ1n) is 7.16. The van der Waals surface area contributed by atoms with Crippen molar-refractivity contribution >= 4 is 11.7 Å². The molecule has 0 atom stereocenters. The molecule has 0 aromatic carbocycles. The van der Waals surface area contributed by atoms with Crippen LogP contribution in [0.5, 0.6) is 0 Å². The minimum atomic E-state index is 0.175. The van der Waals surface area contributed by atoms with Gasteiger partial charge in [-0.25, -0.2) is 0 Å². The lowest BCUT2D eigenvalue weighted by molar-refractivity contribution is -0.131. The van der Waals surface area contributed by atoms with Crippen LogP contribution in [0.4, 0.5) is 0 Å². The Kier molecular flexibility index (Phi) is 4.75. The van der Waals surface area contributed by atoms with Crippen molar-refractivity contribution < 1.29 is 9.59 Å². The van der Waals surface area contributed by atoms with E-state index in [1.165, 1.54) is 12.8 Å². The Labute approximate surface area is 109 Å². The second kappa shape index (κ2) is 6.32. The quantitative estimate of drug-likeness (QED) is 0.740. The second-order valence-corrected chi connectivity index (χ2v) is 5.71. The summed E-state index contributed by atoms with van der Waals surface area (Å²) in [4.78, 5) is 27.7. The summed E-state index contributed by atoms with van der Waals surface area (Å²) in [6, 6.07) is 0. The SMILES string of the molecule is CN(CC(=O)C1CCCC1)CC(=O)N1CCCC1. The summed E-state index contributed by atoms with van der Waals surface area (Å²) in [5.41, 5.74) is 0. The Hall–Kier alpha value is -0.900. The number of carbonyl (C=O) groups excluding carboxylic acids is 2. The number of ketones is 1. The van der Waals surface area contributed by atoms with Crippen molar-refractivity contribution in [2.75, 3.05) is 33.2 Å². The fraction of sp³-hybridized carbons (Fsp3) is 0.857. The van der Waals surface area contributed by atoms with Gasteiger partial charge in [0.15, 0.2) is 0 Å². The highest BCUT2D eigenvalue weighted by Crippen LogP contribution is 2.25. The summed E-state index contributed by atoms with van der Waals surface area (Å²) in [6.45, 7) is 2.61. The van der Waals surface area contributed by atoms with Crippen molar-refractivity contribution in [2.24, 2.45) is 5.92 Å². The van der Waals surface area contributed by atoms with Gasteiger partial charge in [-0.3, -0.25) is 14.5 Å². The number of likely N-dealkylation sites (N-methyl/N-ethyl adjacent to an activating group) is 1. The molecule has 2 rings (SSSR count). The molecule has 0 spiro atoms. The predicted octanol–water partition coefficient (Wildman–Crippen LogP) is 1.30. The van der Waals surface area contributed by atoms with Crippen molar-refractivity contribution in [1.29, 1.82) is 0 Å². The first kappa shape index (κ1) is 13.5. The van der Waals surface area contributed by atoms with Crippen LogP contribution in [0.15, 0.2) is 0 Å². The van der Waals surface area contributed by atoms with E-state index >= 15 is 0 Å². The molecule has 2 fully saturated rings. The molecule has 1 aliphatic carbocycles. The molecule has 0 radical (unpaired) electrons. The minimum Gasteiger partial charge on any atom is -0.342 e. The molecule has 1 saturated carbocycles. The number of hydrogen-bond donors (Lipinski definition) is 0.